The molecule has 0 aromatic rings. The van der Waals surface area contributed by atoms with Gasteiger partial charge >= 0.3 is 0 Å². The molecule has 1 saturated heterocycles. The molecule has 0 aromatic carbocycles. The summed E-state index contributed by atoms with van der Waals surface area (Å²) in [5, 5.41) is 0. The fraction of sp³-hybridized carbons (Fsp3) is 0.765. The van der Waals surface area contributed by atoms with Crippen LogP contribution in [0.2, 0.25) is 0 Å². The molecule has 0 N–H and O–H groups in total. The van der Waals surface area contributed by atoms with E-state index in [4.69, 9.17) is 4.74 Å². The van der Waals surface area contributed by atoms with Gasteiger partial charge in [-0.05, 0) is 63.7 Å². The van der Waals surface area contributed by atoms with Crippen LogP contribution in [0, 0.1) is 0 Å². The number of allylic oxidation sites excluding steroid dienone is 2. The summed E-state index contributed by atoms with van der Waals surface area (Å²) in [6, 6.07) is 0. The highest BCUT2D eigenvalue weighted by Crippen LogP contribution is 2.29. The third-order valence-electron chi connectivity index (χ3n) is 4.23. The van der Waals surface area contributed by atoms with Gasteiger partial charge < -0.3 is 9.64 Å². The highest BCUT2D eigenvalue weighted by atomic mass is 16.5. The first-order chi connectivity index (χ1) is 9.33. The zero-order valence-corrected chi connectivity index (χ0v) is 12.7. The monoisotopic (exact) mass is 263 g/mol. The van der Waals surface area contributed by atoms with Crippen molar-refractivity contribution in [3.8, 4) is 0 Å². The molecule has 0 radical (unpaired) electrons. The molecule has 0 aromatic heterocycles. The van der Waals surface area contributed by atoms with Gasteiger partial charge in [-0.3, -0.25) is 0 Å². The minimum atomic E-state index is 0.407. The molecule has 1 atom stereocenters. The summed E-state index contributed by atoms with van der Waals surface area (Å²) in [5.41, 5.74) is 3.09. The minimum Gasteiger partial charge on any atom is -0.374 e. The number of fused-ring (bicyclic) bond motifs is 1. The summed E-state index contributed by atoms with van der Waals surface area (Å²) in [7, 11) is 0. The smallest absolute Gasteiger partial charge is 0.0822 e. The van der Waals surface area contributed by atoms with Gasteiger partial charge in [-0.2, -0.15) is 0 Å². The van der Waals surface area contributed by atoms with Gasteiger partial charge in [-0.25, -0.2) is 0 Å². The molecule has 19 heavy (non-hydrogen) atoms. The molecular formula is C17H29NO. The zero-order valence-electron chi connectivity index (χ0n) is 12.7. The molecule has 2 rings (SSSR count). The second-order valence-corrected chi connectivity index (χ2v) is 5.73. The molecule has 1 aliphatic heterocycles. The first-order valence-electron chi connectivity index (χ1n) is 8.07. The Hall–Kier alpha value is -0.600. The fourth-order valence-electron chi connectivity index (χ4n) is 3.14. The normalized spacial score (nSPS) is 23.0. The van der Waals surface area contributed by atoms with E-state index in [9.17, 15) is 0 Å². The lowest BCUT2D eigenvalue weighted by atomic mass is 9.90. The van der Waals surface area contributed by atoms with Crippen molar-refractivity contribution in [2.24, 2.45) is 0 Å². The summed E-state index contributed by atoms with van der Waals surface area (Å²) in [4.78, 5) is 2.56. The predicted octanol–water partition coefficient (Wildman–Crippen LogP) is 3.93. The average Bonchev–Trinajstić information content (AvgIpc) is 2.46. The molecule has 0 unspecified atom stereocenters. The van der Waals surface area contributed by atoms with Crippen molar-refractivity contribution in [1.29, 1.82) is 0 Å². The van der Waals surface area contributed by atoms with Crippen LogP contribution in [0.15, 0.2) is 23.3 Å². The topological polar surface area (TPSA) is 12.5 Å². The highest BCUT2D eigenvalue weighted by molar-refractivity contribution is 5.31. The van der Waals surface area contributed by atoms with Crippen LogP contribution in [0.5, 0.6) is 0 Å². The van der Waals surface area contributed by atoms with E-state index in [-0.39, 0.29) is 0 Å². The van der Waals surface area contributed by atoms with Crippen molar-refractivity contribution in [3.63, 3.8) is 0 Å². The molecule has 0 spiro atoms. The molecular weight excluding hydrogens is 234 g/mol. The maximum atomic E-state index is 5.80. The summed E-state index contributed by atoms with van der Waals surface area (Å²) in [6.45, 7) is 9.15. The number of nitrogens with zero attached hydrogens (tertiary/aromatic N) is 1. The number of rotatable bonds is 7. The maximum Gasteiger partial charge on any atom is 0.0822 e. The van der Waals surface area contributed by atoms with Crippen molar-refractivity contribution in [1.82, 2.24) is 4.90 Å². The largest absolute Gasteiger partial charge is 0.374 e. The first-order valence-corrected chi connectivity index (χ1v) is 8.07. The molecule has 1 fully saturated rings. The van der Waals surface area contributed by atoms with Gasteiger partial charge in [0.1, 0.15) is 0 Å². The molecule has 2 heteroatoms. The third-order valence-corrected chi connectivity index (χ3v) is 4.23. The Balaban J connectivity index is 1.74. The van der Waals surface area contributed by atoms with Crippen LogP contribution in [-0.2, 0) is 4.74 Å². The lowest BCUT2D eigenvalue weighted by molar-refractivity contribution is 0.0536. The van der Waals surface area contributed by atoms with Crippen molar-refractivity contribution in [3.05, 3.63) is 23.3 Å². The van der Waals surface area contributed by atoms with E-state index in [2.05, 4.69) is 30.9 Å². The molecule has 108 valence electrons. The molecule has 0 bridgehead atoms. The zero-order chi connectivity index (χ0) is 13.5. The Morgan fingerprint density at radius 2 is 2.21 bits per heavy atom. The van der Waals surface area contributed by atoms with Crippen molar-refractivity contribution >= 4 is 0 Å². The molecule has 2 nitrogen and oxygen atoms in total. The second-order valence-electron chi connectivity index (χ2n) is 5.73. The van der Waals surface area contributed by atoms with Crippen LogP contribution in [0.1, 0.15) is 52.4 Å². The van der Waals surface area contributed by atoms with E-state index in [1.165, 1.54) is 51.7 Å². The summed E-state index contributed by atoms with van der Waals surface area (Å²) < 4.78 is 5.80. The van der Waals surface area contributed by atoms with Gasteiger partial charge in [-0.1, -0.05) is 31.6 Å². The second kappa shape index (κ2) is 7.86. The minimum absolute atomic E-state index is 0.407. The Bertz CT molecular complexity index is 332. The number of hydrogen-bond acceptors (Lipinski definition) is 2. The summed E-state index contributed by atoms with van der Waals surface area (Å²) in [6.07, 6.45) is 12.6. The van der Waals surface area contributed by atoms with Crippen molar-refractivity contribution in [2.45, 2.75) is 58.5 Å². The van der Waals surface area contributed by atoms with Crippen molar-refractivity contribution < 1.29 is 4.74 Å². The Morgan fingerprint density at radius 3 is 3.00 bits per heavy atom. The SMILES string of the molecule is CCCN(CC)CCCC1=CC[C@H]2OCCCC2=C1. The van der Waals surface area contributed by atoms with E-state index in [0.29, 0.717) is 6.10 Å². The molecule has 0 saturated carbocycles. The van der Waals surface area contributed by atoms with Crippen LogP contribution in [0.25, 0.3) is 0 Å². The van der Waals surface area contributed by atoms with Crippen LogP contribution >= 0.6 is 0 Å². The fourth-order valence-corrected chi connectivity index (χ4v) is 3.14. The maximum absolute atomic E-state index is 5.80. The standard InChI is InChI=1S/C17H29NO/c1-3-11-18(4-2)12-5-7-15-9-10-17-16(14-15)8-6-13-19-17/h9,14,17H,3-8,10-13H2,1-2H3/t17-/m1/s1. The molecule has 2 aliphatic rings. The summed E-state index contributed by atoms with van der Waals surface area (Å²) in [5.74, 6) is 0. The van der Waals surface area contributed by atoms with Crippen LogP contribution in [0.4, 0.5) is 0 Å². The molecule has 1 aliphatic carbocycles. The van der Waals surface area contributed by atoms with E-state index >= 15 is 0 Å². The lowest BCUT2D eigenvalue weighted by Gasteiger charge is -2.28. The van der Waals surface area contributed by atoms with Gasteiger partial charge in [0.05, 0.1) is 6.10 Å². The van der Waals surface area contributed by atoms with Gasteiger partial charge in [0, 0.05) is 6.61 Å². The van der Waals surface area contributed by atoms with E-state index in [1.54, 1.807) is 11.1 Å². The van der Waals surface area contributed by atoms with E-state index in [1.807, 2.05) is 0 Å². The first kappa shape index (κ1) is 14.8. The van der Waals surface area contributed by atoms with Crippen LogP contribution in [0.3, 0.4) is 0 Å². The lowest BCUT2D eigenvalue weighted by Crippen LogP contribution is -2.25. The number of ether oxygens (including phenoxy) is 1. The van der Waals surface area contributed by atoms with Crippen LogP contribution < -0.4 is 0 Å². The Morgan fingerprint density at radius 1 is 1.32 bits per heavy atom. The average molecular weight is 263 g/mol. The Kier molecular flexibility index (Phi) is 6.12. The quantitative estimate of drug-likeness (QED) is 0.690. The number of hydrogen-bond donors (Lipinski definition) is 0. The predicted molar refractivity (Wildman–Crippen MR) is 81.4 cm³/mol. The van der Waals surface area contributed by atoms with Gasteiger partial charge in [0.2, 0.25) is 0 Å². The van der Waals surface area contributed by atoms with E-state index in [0.717, 1.165) is 13.0 Å². The van der Waals surface area contributed by atoms with Gasteiger partial charge in [0.15, 0.2) is 0 Å². The Labute approximate surface area is 118 Å². The molecule has 1 heterocycles. The highest BCUT2D eigenvalue weighted by Gasteiger charge is 2.21. The van der Waals surface area contributed by atoms with E-state index < -0.39 is 0 Å². The van der Waals surface area contributed by atoms with Gasteiger partial charge in [0.25, 0.3) is 0 Å². The third kappa shape index (κ3) is 4.47. The van der Waals surface area contributed by atoms with Crippen LogP contribution in [-0.4, -0.2) is 37.2 Å². The van der Waals surface area contributed by atoms with Crippen molar-refractivity contribution in [2.75, 3.05) is 26.2 Å². The summed E-state index contributed by atoms with van der Waals surface area (Å²) >= 11 is 0. The van der Waals surface area contributed by atoms with Gasteiger partial charge in [-0.15, -0.1) is 0 Å². The molecule has 0 amide bonds.